The van der Waals surface area contributed by atoms with Gasteiger partial charge in [-0.3, -0.25) is 4.89 Å². The molecule has 0 aliphatic carbocycles. The highest BCUT2D eigenvalue weighted by Gasteiger charge is 1.98. The zero-order valence-corrected chi connectivity index (χ0v) is 7.93. The summed E-state index contributed by atoms with van der Waals surface area (Å²) in [4.78, 5) is 9.74. The third-order valence-corrected chi connectivity index (χ3v) is 1.84. The summed E-state index contributed by atoms with van der Waals surface area (Å²) in [5, 5.41) is 0. The highest BCUT2D eigenvalue weighted by Crippen LogP contribution is 1.87. The van der Waals surface area contributed by atoms with Crippen molar-refractivity contribution in [1.82, 2.24) is 0 Å². The molecular weight excluding hydrogens is 131 g/mol. The lowest BCUT2D eigenvalue weighted by Gasteiger charge is -2.02. The first kappa shape index (κ1) is 9.20. The van der Waals surface area contributed by atoms with E-state index in [0.29, 0.717) is 0 Å². The predicted octanol–water partition coefficient (Wildman–Crippen LogP) is 0.821. The fraction of sp³-hybridized carbons (Fsp3) is 1.00. The van der Waals surface area contributed by atoms with E-state index in [1.165, 1.54) is 6.04 Å². The minimum atomic E-state index is 0.164. The Morgan fingerprint density at radius 3 is 2.56 bits per heavy atom. The quantitative estimate of drug-likeness (QED) is 0.247. The third kappa shape index (κ3) is 8.20. The Labute approximate surface area is 59.8 Å². The maximum atomic E-state index is 4.87. The van der Waals surface area contributed by atoms with E-state index in [9.17, 15) is 0 Å². The summed E-state index contributed by atoms with van der Waals surface area (Å²) < 4.78 is 0. The van der Waals surface area contributed by atoms with Crippen LogP contribution in [0.2, 0.25) is 26.2 Å². The van der Waals surface area contributed by atoms with Crippen molar-refractivity contribution in [1.29, 1.82) is 0 Å². The lowest BCUT2D eigenvalue weighted by Crippen LogP contribution is -2.09. The van der Waals surface area contributed by atoms with E-state index in [4.69, 9.17) is 9.69 Å². The molecule has 0 heterocycles. The van der Waals surface area contributed by atoms with Gasteiger partial charge in [-0.1, -0.05) is 20.2 Å². The number of hydrogen-bond donors (Lipinski definition) is 0. The molecule has 0 aromatic heterocycles. The Morgan fingerprint density at radius 2 is 2.11 bits per heavy atom. The molecule has 0 aromatic carbocycles. The van der Waals surface area contributed by atoms with E-state index in [0.717, 1.165) is 6.61 Å². The normalized spacial score (nSPS) is 11.0. The summed E-state index contributed by atoms with van der Waals surface area (Å²) in [7, 11) is 0.164. The molecule has 9 heavy (non-hydrogen) atoms. The molecule has 54 valence electrons. The fourth-order valence-electron chi connectivity index (χ4n) is 0.387. The number of rotatable bonds is 5. The van der Waals surface area contributed by atoms with Gasteiger partial charge in [0.1, 0.15) is 0 Å². The van der Waals surface area contributed by atoms with Crippen LogP contribution < -0.4 is 0 Å². The average molecular weight is 146 g/mol. The maximum absolute atomic E-state index is 4.87. The van der Waals surface area contributed by atoms with Crippen LogP contribution >= 0.6 is 0 Å². The highest BCUT2D eigenvalue weighted by atomic mass is 28.2. The second-order valence-corrected chi connectivity index (χ2v) is 4.03. The molecule has 0 atom stereocenters. The zero-order valence-electron chi connectivity index (χ0n) is 6.52. The SMILES string of the molecule is C[SiH2]CCOOB(C)C. The highest BCUT2D eigenvalue weighted by molar-refractivity contribution is 6.48. The summed E-state index contributed by atoms with van der Waals surface area (Å²) in [6.45, 7) is 7.16. The molecule has 0 radical (unpaired) electrons. The van der Waals surface area contributed by atoms with Gasteiger partial charge < -0.3 is 4.81 Å². The summed E-state index contributed by atoms with van der Waals surface area (Å²) in [5.74, 6) is 0. The van der Waals surface area contributed by atoms with Crippen LogP contribution in [-0.2, 0) is 9.69 Å². The second-order valence-electron chi connectivity index (χ2n) is 2.32. The van der Waals surface area contributed by atoms with Gasteiger partial charge in [0.2, 0.25) is 0 Å². The van der Waals surface area contributed by atoms with Crippen molar-refractivity contribution in [3.8, 4) is 0 Å². The van der Waals surface area contributed by atoms with Crippen molar-refractivity contribution >= 4 is 16.4 Å². The van der Waals surface area contributed by atoms with Gasteiger partial charge in [0.25, 0.3) is 0 Å². The van der Waals surface area contributed by atoms with Gasteiger partial charge >= 0.3 is 6.92 Å². The topological polar surface area (TPSA) is 18.5 Å². The Balaban J connectivity index is 2.75. The van der Waals surface area contributed by atoms with Gasteiger partial charge in [-0.15, -0.1) is 0 Å². The molecule has 4 heteroatoms. The average Bonchev–Trinajstić information content (AvgIpc) is 1.80. The molecule has 0 saturated carbocycles. The summed E-state index contributed by atoms with van der Waals surface area (Å²) in [6.07, 6.45) is 0. The van der Waals surface area contributed by atoms with E-state index < -0.39 is 0 Å². The summed E-state index contributed by atoms with van der Waals surface area (Å²) in [6, 6.07) is 1.22. The minimum Gasteiger partial charge on any atom is -0.306 e. The molecule has 0 rings (SSSR count). The van der Waals surface area contributed by atoms with Crippen molar-refractivity contribution in [2.45, 2.75) is 26.2 Å². The van der Waals surface area contributed by atoms with E-state index in [1.54, 1.807) is 0 Å². The van der Waals surface area contributed by atoms with Crippen LogP contribution in [0.3, 0.4) is 0 Å². The van der Waals surface area contributed by atoms with Gasteiger partial charge in [0, 0.05) is 9.52 Å². The molecule has 0 amide bonds. The van der Waals surface area contributed by atoms with Crippen molar-refractivity contribution in [3.63, 3.8) is 0 Å². The Morgan fingerprint density at radius 1 is 1.44 bits per heavy atom. The first-order chi connectivity index (χ1) is 4.27. The van der Waals surface area contributed by atoms with E-state index in [2.05, 4.69) is 6.55 Å². The van der Waals surface area contributed by atoms with Gasteiger partial charge in [-0.25, -0.2) is 0 Å². The lowest BCUT2D eigenvalue weighted by molar-refractivity contribution is -0.207. The van der Waals surface area contributed by atoms with E-state index in [-0.39, 0.29) is 16.4 Å². The third-order valence-electron chi connectivity index (χ3n) is 0.842. The lowest BCUT2D eigenvalue weighted by atomic mass is 9.76. The molecule has 0 bridgehead atoms. The van der Waals surface area contributed by atoms with Crippen LogP contribution in [0.5, 0.6) is 0 Å². The smallest absolute Gasteiger partial charge is 0.306 e. The zero-order chi connectivity index (χ0) is 7.11. The largest absolute Gasteiger partial charge is 0.334 e. The Hall–Kier alpha value is 0.202. The summed E-state index contributed by atoms with van der Waals surface area (Å²) >= 11 is 0. The Kier molecular flexibility index (Phi) is 6.47. The van der Waals surface area contributed by atoms with Crippen molar-refractivity contribution in [3.05, 3.63) is 0 Å². The number of hydrogen-bond acceptors (Lipinski definition) is 2. The van der Waals surface area contributed by atoms with Crippen molar-refractivity contribution in [2.75, 3.05) is 6.61 Å². The molecule has 0 N–H and O–H groups in total. The second kappa shape index (κ2) is 6.32. The van der Waals surface area contributed by atoms with E-state index >= 15 is 0 Å². The van der Waals surface area contributed by atoms with Gasteiger partial charge in [0.05, 0.1) is 6.61 Å². The van der Waals surface area contributed by atoms with Gasteiger partial charge in [-0.2, -0.15) is 0 Å². The molecule has 0 saturated heterocycles. The Bertz CT molecular complexity index is 60.9. The monoisotopic (exact) mass is 146 g/mol. The molecule has 0 spiro atoms. The molecule has 2 nitrogen and oxygen atoms in total. The van der Waals surface area contributed by atoms with Crippen LogP contribution in [0.4, 0.5) is 0 Å². The van der Waals surface area contributed by atoms with Crippen LogP contribution in [0.1, 0.15) is 0 Å². The molecule has 0 fully saturated rings. The van der Waals surface area contributed by atoms with Crippen LogP contribution in [0.25, 0.3) is 0 Å². The standard InChI is InChI=1S/C5H15BO2Si/c1-6(2)8-7-4-5-9-3/h4-5,9H2,1-3H3. The molecule has 0 unspecified atom stereocenters. The minimum absolute atomic E-state index is 0.164. The van der Waals surface area contributed by atoms with Crippen molar-refractivity contribution < 1.29 is 9.69 Å². The van der Waals surface area contributed by atoms with Gasteiger partial charge in [0.15, 0.2) is 0 Å². The molecule has 0 aliphatic rings. The molecule has 0 aromatic rings. The first-order valence-electron chi connectivity index (χ1n) is 3.55. The van der Waals surface area contributed by atoms with Crippen LogP contribution in [-0.4, -0.2) is 23.0 Å². The van der Waals surface area contributed by atoms with Crippen LogP contribution in [0.15, 0.2) is 0 Å². The van der Waals surface area contributed by atoms with E-state index in [1.807, 2.05) is 13.6 Å². The summed E-state index contributed by atoms with van der Waals surface area (Å²) in [5.41, 5.74) is 0. The first-order valence-corrected chi connectivity index (χ1v) is 5.97. The van der Waals surface area contributed by atoms with Gasteiger partial charge in [-0.05, 0) is 6.04 Å². The fourth-order valence-corrected chi connectivity index (χ4v) is 0.794. The molecular formula is C5H15BO2Si. The predicted molar refractivity (Wildman–Crippen MR) is 43.7 cm³/mol. The van der Waals surface area contributed by atoms with Crippen LogP contribution in [0, 0.1) is 0 Å². The maximum Gasteiger partial charge on any atom is 0.334 e. The molecule has 0 aliphatic heterocycles. The van der Waals surface area contributed by atoms with Crippen molar-refractivity contribution in [2.24, 2.45) is 0 Å².